The number of fused-ring (bicyclic) bond motifs is 1. The second-order valence-corrected chi connectivity index (χ2v) is 4.82. The molecule has 0 radical (unpaired) electrons. The number of nitrogens with zero attached hydrogens (tertiary/aromatic N) is 2. The van der Waals surface area contributed by atoms with E-state index in [0.29, 0.717) is 11.8 Å². The van der Waals surface area contributed by atoms with Crippen molar-refractivity contribution in [2.75, 3.05) is 31.1 Å². The molecule has 2 aliphatic heterocycles. The highest BCUT2D eigenvalue weighted by atomic mass is 16.4. The van der Waals surface area contributed by atoms with Crippen LogP contribution >= 0.6 is 0 Å². The Labute approximate surface area is 99.5 Å². The van der Waals surface area contributed by atoms with E-state index in [4.69, 9.17) is 5.11 Å². The van der Waals surface area contributed by atoms with Crippen LogP contribution in [0.15, 0.2) is 18.5 Å². The standard InChI is InChI=1S/C12H15N3O2/c16-12(17)8-1-11(5-14-2-8)15-6-9-3-13-4-10(9)7-15/h1-2,5,9-10,13H,3-4,6-7H2,(H,16,17). The maximum absolute atomic E-state index is 10.9. The van der Waals surface area contributed by atoms with Gasteiger partial charge in [-0.3, -0.25) is 4.98 Å². The molecule has 0 aliphatic carbocycles. The molecular weight excluding hydrogens is 218 g/mol. The average Bonchev–Trinajstić information content (AvgIpc) is 2.89. The van der Waals surface area contributed by atoms with Gasteiger partial charge in [-0.2, -0.15) is 0 Å². The van der Waals surface area contributed by atoms with Crippen molar-refractivity contribution in [1.82, 2.24) is 10.3 Å². The molecule has 0 bridgehead atoms. The van der Waals surface area contributed by atoms with Crippen LogP contribution in [0.1, 0.15) is 10.4 Å². The van der Waals surface area contributed by atoms with Crippen LogP contribution in [-0.2, 0) is 0 Å². The van der Waals surface area contributed by atoms with Crippen LogP contribution in [0.25, 0.3) is 0 Å². The molecule has 2 N–H and O–H groups in total. The van der Waals surface area contributed by atoms with Gasteiger partial charge in [0.05, 0.1) is 17.4 Å². The molecule has 90 valence electrons. The van der Waals surface area contributed by atoms with E-state index in [9.17, 15) is 4.79 Å². The lowest BCUT2D eigenvalue weighted by atomic mass is 10.0. The molecule has 2 fully saturated rings. The van der Waals surface area contributed by atoms with E-state index in [2.05, 4.69) is 15.2 Å². The highest BCUT2D eigenvalue weighted by molar-refractivity contribution is 5.88. The van der Waals surface area contributed by atoms with E-state index in [1.165, 1.54) is 6.20 Å². The first-order valence-corrected chi connectivity index (χ1v) is 5.88. The largest absolute Gasteiger partial charge is 0.478 e. The van der Waals surface area contributed by atoms with Gasteiger partial charge in [-0.25, -0.2) is 4.79 Å². The van der Waals surface area contributed by atoms with E-state index in [1.807, 2.05) is 0 Å². The Bertz CT molecular complexity index is 437. The van der Waals surface area contributed by atoms with E-state index < -0.39 is 5.97 Å². The lowest BCUT2D eigenvalue weighted by Crippen LogP contribution is -2.25. The first kappa shape index (κ1) is 10.5. The van der Waals surface area contributed by atoms with Crippen molar-refractivity contribution in [1.29, 1.82) is 0 Å². The Balaban J connectivity index is 1.81. The van der Waals surface area contributed by atoms with Crippen LogP contribution in [0.4, 0.5) is 5.69 Å². The van der Waals surface area contributed by atoms with Gasteiger partial charge < -0.3 is 15.3 Å². The van der Waals surface area contributed by atoms with Crippen molar-refractivity contribution >= 4 is 11.7 Å². The summed E-state index contributed by atoms with van der Waals surface area (Å²) in [6.07, 6.45) is 3.14. The number of anilines is 1. The van der Waals surface area contributed by atoms with Crippen LogP contribution in [-0.4, -0.2) is 42.2 Å². The number of carboxylic acids is 1. The number of rotatable bonds is 2. The number of carboxylic acid groups (broad SMARTS) is 1. The first-order chi connectivity index (χ1) is 8.24. The Morgan fingerprint density at radius 2 is 2.06 bits per heavy atom. The van der Waals surface area contributed by atoms with Crippen molar-refractivity contribution < 1.29 is 9.90 Å². The molecule has 0 spiro atoms. The SMILES string of the molecule is O=C(O)c1cncc(N2CC3CNCC3C2)c1. The third-order valence-corrected chi connectivity index (χ3v) is 3.73. The minimum Gasteiger partial charge on any atom is -0.478 e. The lowest BCUT2D eigenvalue weighted by Gasteiger charge is -2.19. The predicted molar refractivity (Wildman–Crippen MR) is 63.3 cm³/mol. The van der Waals surface area contributed by atoms with Crippen LogP contribution in [0.3, 0.4) is 0 Å². The van der Waals surface area contributed by atoms with Gasteiger partial charge in [0.25, 0.3) is 0 Å². The molecule has 3 rings (SSSR count). The minimum atomic E-state index is -0.916. The van der Waals surface area contributed by atoms with Crippen LogP contribution < -0.4 is 10.2 Å². The summed E-state index contributed by atoms with van der Waals surface area (Å²) < 4.78 is 0. The third kappa shape index (κ3) is 1.86. The van der Waals surface area contributed by atoms with Gasteiger partial charge in [0, 0.05) is 32.4 Å². The molecule has 2 unspecified atom stereocenters. The van der Waals surface area contributed by atoms with Gasteiger partial charge in [-0.15, -0.1) is 0 Å². The smallest absolute Gasteiger partial charge is 0.337 e. The van der Waals surface area contributed by atoms with Gasteiger partial charge in [0.15, 0.2) is 0 Å². The molecule has 0 saturated carbocycles. The maximum atomic E-state index is 10.9. The van der Waals surface area contributed by atoms with E-state index in [-0.39, 0.29) is 5.56 Å². The number of aromatic nitrogens is 1. The predicted octanol–water partition coefficient (Wildman–Crippen LogP) is 0.435. The van der Waals surface area contributed by atoms with Crippen molar-refractivity contribution in [2.24, 2.45) is 11.8 Å². The zero-order valence-electron chi connectivity index (χ0n) is 9.47. The van der Waals surface area contributed by atoms with Crippen molar-refractivity contribution in [3.05, 3.63) is 24.0 Å². The number of aromatic carboxylic acids is 1. The summed E-state index contributed by atoms with van der Waals surface area (Å²) in [5.41, 5.74) is 1.19. The fourth-order valence-electron chi connectivity index (χ4n) is 2.78. The Morgan fingerprint density at radius 1 is 1.35 bits per heavy atom. The number of pyridine rings is 1. The number of hydrogen-bond acceptors (Lipinski definition) is 4. The molecule has 3 heterocycles. The summed E-state index contributed by atoms with van der Waals surface area (Å²) in [4.78, 5) is 17.1. The van der Waals surface area contributed by atoms with Crippen LogP contribution in [0, 0.1) is 11.8 Å². The molecule has 5 nitrogen and oxygen atoms in total. The van der Waals surface area contributed by atoms with Gasteiger partial charge in [-0.05, 0) is 17.9 Å². The summed E-state index contributed by atoms with van der Waals surface area (Å²) >= 11 is 0. The third-order valence-electron chi connectivity index (χ3n) is 3.73. The minimum absolute atomic E-state index is 0.262. The second kappa shape index (κ2) is 4.00. The van der Waals surface area contributed by atoms with Crippen LogP contribution in [0.2, 0.25) is 0 Å². The molecule has 0 amide bonds. The molecule has 5 heteroatoms. The zero-order valence-corrected chi connectivity index (χ0v) is 9.47. The monoisotopic (exact) mass is 233 g/mol. The Kier molecular flexibility index (Phi) is 2.48. The van der Waals surface area contributed by atoms with Crippen molar-refractivity contribution in [3.8, 4) is 0 Å². The lowest BCUT2D eigenvalue weighted by molar-refractivity contribution is 0.0696. The van der Waals surface area contributed by atoms with Crippen LogP contribution in [0.5, 0.6) is 0 Å². The van der Waals surface area contributed by atoms with Gasteiger partial charge in [0.2, 0.25) is 0 Å². The Morgan fingerprint density at radius 3 is 2.71 bits per heavy atom. The summed E-state index contributed by atoms with van der Waals surface area (Å²) in [5, 5.41) is 12.3. The summed E-state index contributed by atoms with van der Waals surface area (Å²) in [6, 6.07) is 1.71. The summed E-state index contributed by atoms with van der Waals surface area (Å²) in [6.45, 7) is 4.16. The van der Waals surface area contributed by atoms with E-state index in [1.54, 1.807) is 12.3 Å². The number of carbonyl (C=O) groups is 1. The van der Waals surface area contributed by atoms with Crippen molar-refractivity contribution in [3.63, 3.8) is 0 Å². The van der Waals surface area contributed by atoms with E-state index >= 15 is 0 Å². The van der Waals surface area contributed by atoms with Gasteiger partial charge >= 0.3 is 5.97 Å². The molecular formula is C12H15N3O2. The topological polar surface area (TPSA) is 65.5 Å². The fourth-order valence-corrected chi connectivity index (χ4v) is 2.78. The Hall–Kier alpha value is -1.62. The molecule has 0 aromatic carbocycles. The quantitative estimate of drug-likeness (QED) is 0.775. The highest BCUT2D eigenvalue weighted by Crippen LogP contribution is 2.30. The average molecular weight is 233 g/mol. The van der Waals surface area contributed by atoms with E-state index in [0.717, 1.165) is 31.9 Å². The maximum Gasteiger partial charge on any atom is 0.337 e. The number of hydrogen-bond donors (Lipinski definition) is 2. The molecule has 2 saturated heterocycles. The first-order valence-electron chi connectivity index (χ1n) is 5.88. The normalized spacial score (nSPS) is 27.2. The second-order valence-electron chi connectivity index (χ2n) is 4.82. The number of nitrogens with one attached hydrogen (secondary N) is 1. The highest BCUT2D eigenvalue weighted by Gasteiger charge is 2.36. The zero-order chi connectivity index (χ0) is 11.8. The summed E-state index contributed by atoms with van der Waals surface area (Å²) in [7, 11) is 0. The molecule has 17 heavy (non-hydrogen) atoms. The van der Waals surface area contributed by atoms with Gasteiger partial charge in [0.1, 0.15) is 0 Å². The molecule has 1 aromatic heterocycles. The molecule has 2 aliphatic rings. The molecule has 2 atom stereocenters. The summed E-state index contributed by atoms with van der Waals surface area (Å²) in [5.74, 6) is 0.479. The fraction of sp³-hybridized carbons (Fsp3) is 0.500. The molecule has 1 aromatic rings. The van der Waals surface area contributed by atoms with Crippen molar-refractivity contribution in [2.45, 2.75) is 0 Å². The van der Waals surface area contributed by atoms with Gasteiger partial charge in [-0.1, -0.05) is 0 Å².